The Balaban J connectivity index is 1.20. The van der Waals surface area contributed by atoms with Crippen molar-refractivity contribution < 1.29 is 4.42 Å². The Morgan fingerprint density at radius 3 is 1.95 bits per heavy atom. The van der Waals surface area contributed by atoms with Gasteiger partial charge in [-0.3, -0.25) is 0 Å². The number of rotatable bonds is 6. The van der Waals surface area contributed by atoms with E-state index in [1.807, 2.05) is 12.1 Å². The van der Waals surface area contributed by atoms with Gasteiger partial charge in [-0.2, -0.15) is 0 Å². The van der Waals surface area contributed by atoms with Crippen LogP contribution in [0, 0.1) is 0 Å². The highest BCUT2D eigenvalue weighted by molar-refractivity contribution is 6.07. The van der Waals surface area contributed by atoms with Crippen LogP contribution in [0.15, 0.2) is 205 Å². The van der Waals surface area contributed by atoms with E-state index >= 15 is 0 Å². The number of hydrogen-bond acceptors (Lipinski definition) is 2. The van der Waals surface area contributed by atoms with Crippen LogP contribution in [-0.4, -0.2) is 0 Å². The molecule has 11 rings (SSSR count). The lowest BCUT2D eigenvalue weighted by molar-refractivity contribution is 0.660. The maximum atomic E-state index is 6.28. The lowest BCUT2D eigenvalue weighted by Crippen LogP contribution is -2.15. The van der Waals surface area contributed by atoms with Crippen LogP contribution < -0.4 is 4.90 Å². The number of hydrogen-bond donors (Lipinski definition) is 0. The van der Waals surface area contributed by atoms with E-state index in [0.29, 0.717) is 0 Å². The minimum absolute atomic E-state index is 0.0796. The number of nitrogens with zero attached hydrogens (tertiary/aromatic N) is 1. The summed E-state index contributed by atoms with van der Waals surface area (Å²) in [6.45, 7) is 4.70. The lowest BCUT2D eigenvalue weighted by Gasteiger charge is -2.31. The molecule has 0 saturated heterocycles. The lowest BCUT2D eigenvalue weighted by atomic mass is 9.82. The quantitative estimate of drug-likeness (QED) is 0.169. The molecule has 57 heavy (non-hydrogen) atoms. The highest BCUT2D eigenvalue weighted by Gasteiger charge is 2.35. The summed E-state index contributed by atoms with van der Waals surface area (Å²) in [5.74, 6) is 0. The smallest absolute Gasteiger partial charge is 0.135 e. The van der Waals surface area contributed by atoms with Crippen LogP contribution in [0.5, 0.6) is 0 Å². The minimum Gasteiger partial charge on any atom is -0.456 e. The summed E-state index contributed by atoms with van der Waals surface area (Å²) in [5, 5.41) is 4.64. The zero-order chi connectivity index (χ0) is 38.1. The molecule has 0 spiro atoms. The van der Waals surface area contributed by atoms with Gasteiger partial charge in [-0.15, -0.1) is 0 Å². The van der Waals surface area contributed by atoms with Gasteiger partial charge in [0.25, 0.3) is 0 Å². The van der Waals surface area contributed by atoms with Gasteiger partial charge in [-0.1, -0.05) is 166 Å². The molecular formula is C55H39NO. The second-order valence-corrected chi connectivity index (χ2v) is 15.7. The maximum absolute atomic E-state index is 6.28. The number of para-hydroxylation sites is 2. The molecular weight excluding hydrogens is 691 g/mol. The van der Waals surface area contributed by atoms with E-state index in [4.69, 9.17) is 4.42 Å². The van der Waals surface area contributed by atoms with Crippen molar-refractivity contribution >= 4 is 49.8 Å². The zero-order valence-electron chi connectivity index (χ0n) is 31.9. The van der Waals surface area contributed by atoms with Gasteiger partial charge in [0.05, 0.1) is 11.4 Å². The third-order valence-electron chi connectivity index (χ3n) is 12.1. The fourth-order valence-electron chi connectivity index (χ4n) is 9.29. The largest absolute Gasteiger partial charge is 0.456 e. The molecule has 9 aromatic carbocycles. The Bertz CT molecular complexity index is 3170. The van der Waals surface area contributed by atoms with E-state index in [2.05, 4.69) is 207 Å². The van der Waals surface area contributed by atoms with Crippen LogP contribution in [0.4, 0.5) is 17.1 Å². The summed E-state index contributed by atoms with van der Waals surface area (Å²) >= 11 is 0. The van der Waals surface area contributed by atoms with Crippen LogP contribution in [0.2, 0.25) is 0 Å². The summed E-state index contributed by atoms with van der Waals surface area (Å²) < 4.78 is 6.28. The molecule has 1 aliphatic carbocycles. The second-order valence-electron chi connectivity index (χ2n) is 15.7. The standard InChI is InChI=1S/C55H39NO/c1-55(2)48-23-11-8-20-44(48)46-35-40(28-31-49(46)55)54-43(37-16-4-3-5-17-37)22-14-25-51(54)56(41-30-27-36-15-6-7-18-38(36)33-41)50-24-12-9-19-42(50)39-29-32-53-47(34-39)45-21-10-13-26-52(45)57-53/h3-35H,1-2H3. The Hall–Kier alpha value is -7.16. The van der Waals surface area contributed by atoms with Crippen LogP contribution in [0.1, 0.15) is 25.0 Å². The molecule has 2 heteroatoms. The van der Waals surface area contributed by atoms with Gasteiger partial charge in [0.2, 0.25) is 0 Å². The first-order valence-corrected chi connectivity index (χ1v) is 19.8. The molecule has 0 radical (unpaired) electrons. The van der Waals surface area contributed by atoms with Crippen molar-refractivity contribution in [1.29, 1.82) is 0 Å². The molecule has 0 saturated carbocycles. The normalized spacial score (nSPS) is 12.9. The third kappa shape index (κ3) is 5.33. The molecule has 0 amide bonds. The zero-order valence-corrected chi connectivity index (χ0v) is 31.9. The SMILES string of the molecule is CC1(C)c2ccccc2-c2cc(-c3c(-c4ccccc4)cccc3N(c3ccc4ccccc4c3)c3ccccc3-c3ccc4oc5ccccc5c4c3)ccc21. The van der Waals surface area contributed by atoms with E-state index in [0.717, 1.165) is 50.1 Å². The molecule has 10 aromatic rings. The number of furan rings is 1. The molecule has 0 fully saturated rings. The number of fused-ring (bicyclic) bond motifs is 7. The molecule has 2 nitrogen and oxygen atoms in total. The predicted octanol–water partition coefficient (Wildman–Crippen LogP) is 15.5. The molecule has 1 aromatic heterocycles. The van der Waals surface area contributed by atoms with Crippen molar-refractivity contribution in [3.63, 3.8) is 0 Å². The Kier molecular flexibility index (Phi) is 7.55. The molecule has 1 heterocycles. The van der Waals surface area contributed by atoms with Crippen molar-refractivity contribution in [2.45, 2.75) is 19.3 Å². The Morgan fingerprint density at radius 2 is 1.05 bits per heavy atom. The molecule has 1 aliphatic rings. The minimum atomic E-state index is -0.0796. The molecule has 0 bridgehead atoms. The summed E-state index contributed by atoms with van der Waals surface area (Å²) in [5.41, 5.74) is 17.4. The molecule has 0 N–H and O–H groups in total. The Morgan fingerprint density at radius 1 is 0.386 bits per heavy atom. The Labute approximate surface area is 332 Å². The first kappa shape index (κ1) is 33.2. The molecule has 270 valence electrons. The first-order chi connectivity index (χ1) is 28.0. The fraction of sp³-hybridized carbons (Fsp3) is 0.0545. The van der Waals surface area contributed by atoms with E-state index in [1.54, 1.807) is 0 Å². The highest BCUT2D eigenvalue weighted by Crippen LogP contribution is 2.53. The van der Waals surface area contributed by atoms with Crippen LogP contribution in [-0.2, 0) is 5.41 Å². The number of benzene rings is 9. The summed E-state index contributed by atoms with van der Waals surface area (Å²) in [7, 11) is 0. The topological polar surface area (TPSA) is 16.4 Å². The summed E-state index contributed by atoms with van der Waals surface area (Å²) in [6, 6.07) is 72.9. The van der Waals surface area contributed by atoms with Gasteiger partial charge in [-0.05, 0) is 104 Å². The van der Waals surface area contributed by atoms with Gasteiger partial charge in [0, 0.05) is 33.0 Å². The van der Waals surface area contributed by atoms with Crippen molar-refractivity contribution in [3.8, 4) is 44.5 Å². The molecule has 0 unspecified atom stereocenters. The maximum Gasteiger partial charge on any atom is 0.135 e. The summed E-state index contributed by atoms with van der Waals surface area (Å²) in [4.78, 5) is 2.48. The van der Waals surface area contributed by atoms with E-state index in [-0.39, 0.29) is 5.41 Å². The van der Waals surface area contributed by atoms with Crippen LogP contribution in [0.3, 0.4) is 0 Å². The van der Waals surface area contributed by atoms with E-state index < -0.39 is 0 Å². The van der Waals surface area contributed by atoms with Crippen LogP contribution >= 0.6 is 0 Å². The average Bonchev–Trinajstić information content (AvgIpc) is 3.75. The molecule has 0 atom stereocenters. The van der Waals surface area contributed by atoms with E-state index in [1.165, 1.54) is 55.3 Å². The number of anilines is 3. The van der Waals surface area contributed by atoms with Crippen LogP contribution in [0.25, 0.3) is 77.2 Å². The van der Waals surface area contributed by atoms with Crippen molar-refractivity contribution in [3.05, 3.63) is 211 Å². The van der Waals surface area contributed by atoms with Gasteiger partial charge in [0.15, 0.2) is 0 Å². The van der Waals surface area contributed by atoms with Crippen molar-refractivity contribution in [2.75, 3.05) is 4.90 Å². The second kappa shape index (κ2) is 13.0. The molecule has 0 aliphatic heterocycles. The average molecular weight is 730 g/mol. The van der Waals surface area contributed by atoms with Crippen molar-refractivity contribution in [2.24, 2.45) is 0 Å². The van der Waals surface area contributed by atoms with Gasteiger partial charge >= 0.3 is 0 Å². The first-order valence-electron chi connectivity index (χ1n) is 19.8. The highest BCUT2D eigenvalue weighted by atomic mass is 16.3. The van der Waals surface area contributed by atoms with Gasteiger partial charge in [0.1, 0.15) is 11.2 Å². The van der Waals surface area contributed by atoms with E-state index in [9.17, 15) is 0 Å². The van der Waals surface area contributed by atoms with Gasteiger partial charge < -0.3 is 9.32 Å². The fourth-order valence-corrected chi connectivity index (χ4v) is 9.29. The summed E-state index contributed by atoms with van der Waals surface area (Å²) in [6.07, 6.45) is 0. The van der Waals surface area contributed by atoms with Crippen molar-refractivity contribution in [1.82, 2.24) is 0 Å². The predicted molar refractivity (Wildman–Crippen MR) is 240 cm³/mol. The van der Waals surface area contributed by atoms with Gasteiger partial charge in [-0.25, -0.2) is 0 Å². The monoisotopic (exact) mass is 729 g/mol. The third-order valence-corrected chi connectivity index (χ3v) is 12.1.